The van der Waals surface area contributed by atoms with E-state index in [9.17, 15) is 19.6 Å². The second kappa shape index (κ2) is 8.52. The summed E-state index contributed by atoms with van der Waals surface area (Å²) in [5.41, 5.74) is 0.629. The van der Waals surface area contributed by atoms with Crippen LogP contribution < -0.4 is 5.32 Å². The molecule has 1 rings (SSSR count). The van der Waals surface area contributed by atoms with E-state index < -0.39 is 32.5 Å². The maximum absolute atomic E-state index is 11.2. The third-order valence-electron chi connectivity index (χ3n) is 3.39. The van der Waals surface area contributed by atoms with Gasteiger partial charge >= 0.3 is 13.8 Å². The summed E-state index contributed by atoms with van der Waals surface area (Å²) < 4.78 is 15.2. The van der Waals surface area contributed by atoms with E-state index in [1.54, 1.807) is 6.92 Å². The Kier molecular flexibility index (Phi) is 7.27. The van der Waals surface area contributed by atoms with Crippen molar-refractivity contribution in [3.63, 3.8) is 0 Å². The minimum atomic E-state index is -4.72. The highest BCUT2D eigenvalue weighted by Crippen LogP contribution is 2.38. The van der Waals surface area contributed by atoms with Gasteiger partial charge in [0.05, 0.1) is 18.4 Å². The van der Waals surface area contributed by atoms with Crippen molar-refractivity contribution in [3.8, 4) is 5.75 Å². The molecule has 6 N–H and O–H groups in total. The van der Waals surface area contributed by atoms with Crippen molar-refractivity contribution in [2.24, 2.45) is 0 Å². The number of carboxylic acid groups (broad SMARTS) is 1. The Balaban J connectivity index is 3.01. The molecule has 1 aromatic rings. The number of aromatic hydroxyl groups is 1. The largest absolute Gasteiger partial charge is 0.506 e. The van der Waals surface area contributed by atoms with E-state index in [0.29, 0.717) is 0 Å². The van der Waals surface area contributed by atoms with Gasteiger partial charge in [0, 0.05) is 23.9 Å². The fraction of sp³-hybridized carbons (Fsp3) is 0.538. The van der Waals surface area contributed by atoms with Crippen LogP contribution in [0.5, 0.6) is 5.75 Å². The molecular formula is C13H21N2O8P. The summed E-state index contributed by atoms with van der Waals surface area (Å²) in [5.74, 6) is -1.51. The van der Waals surface area contributed by atoms with Crippen LogP contribution in [0.15, 0.2) is 6.20 Å². The molecule has 0 aliphatic carbocycles. The molecule has 0 spiro atoms. The highest BCUT2D eigenvalue weighted by atomic mass is 31.2. The van der Waals surface area contributed by atoms with Crippen molar-refractivity contribution in [2.45, 2.75) is 45.6 Å². The Bertz CT molecular complexity index is 633. The summed E-state index contributed by atoms with van der Waals surface area (Å²) in [4.78, 5) is 32.6. The van der Waals surface area contributed by atoms with E-state index in [0.717, 1.165) is 0 Å². The molecule has 0 amide bonds. The van der Waals surface area contributed by atoms with E-state index in [2.05, 4.69) is 14.8 Å². The number of aromatic nitrogens is 1. The number of aliphatic hydroxyl groups excluding tert-OH is 1. The maximum Gasteiger partial charge on any atom is 0.469 e. The van der Waals surface area contributed by atoms with E-state index in [4.69, 9.17) is 14.9 Å². The smallest absolute Gasteiger partial charge is 0.469 e. The number of nitrogens with one attached hydrogen (secondary N) is 1. The lowest BCUT2D eigenvalue weighted by molar-refractivity contribution is -0.142. The Morgan fingerprint density at radius 3 is 2.58 bits per heavy atom. The second-order valence-corrected chi connectivity index (χ2v) is 6.37. The van der Waals surface area contributed by atoms with Gasteiger partial charge in [0.15, 0.2) is 0 Å². The fourth-order valence-electron chi connectivity index (χ4n) is 2.00. The summed E-state index contributed by atoms with van der Waals surface area (Å²) >= 11 is 0. The molecule has 24 heavy (non-hydrogen) atoms. The van der Waals surface area contributed by atoms with Gasteiger partial charge in [-0.05, 0) is 13.3 Å². The van der Waals surface area contributed by atoms with Crippen molar-refractivity contribution in [3.05, 3.63) is 23.0 Å². The third kappa shape index (κ3) is 5.82. The van der Waals surface area contributed by atoms with Gasteiger partial charge in [-0.2, -0.15) is 0 Å². The molecule has 10 nitrogen and oxygen atoms in total. The van der Waals surface area contributed by atoms with Crippen LogP contribution in [0.2, 0.25) is 0 Å². The van der Waals surface area contributed by atoms with Crippen LogP contribution in [0.4, 0.5) is 0 Å². The number of phosphoric ester groups is 1. The Labute approximate surface area is 138 Å². The lowest BCUT2D eigenvalue weighted by Crippen LogP contribution is -2.45. The highest BCUT2D eigenvalue weighted by molar-refractivity contribution is 7.46. The van der Waals surface area contributed by atoms with Crippen LogP contribution in [0.1, 0.15) is 30.2 Å². The number of rotatable bonds is 9. The zero-order valence-electron chi connectivity index (χ0n) is 13.2. The predicted octanol–water partition coefficient (Wildman–Crippen LogP) is 0.0186. The Morgan fingerprint density at radius 1 is 1.46 bits per heavy atom. The Morgan fingerprint density at radius 2 is 2.08 bits per heavy atom. The summed E-state index contributed by atoms with van der Waals surface area (Å²) in [6.07, 6.45) is 0.343. The summed E-state index contributed by atoms with van der Waals surface area (Å²) in [5, 5.41) is 31.6. The molecule has 0 radical (unpaired) electrons. The molecule has 0 fully saturated rings. The van der Waals surface area contributed by atoms with Crippen LogP contribution in [0, 0.1) is 6.92 Å². The molecule has 136 valence electrons. The molecule has 11 heteroatoms. The van der Waals surface area contributed by atoms with E-state index in [1.165, 1.54) is 13.1 Å². The van der Waals surface area contributed by atoms with Crippen LogP contribution in [-0.4, -0.2) is 48.2 Å². The first-order chi connectivity index (χ1) is 11.1. The van der Waals surface area contributed by atoms with Gasteiger partial charge in [0.1, 0.15) is 11.8 Å². The monoisotopic (exact) mass is 364 g/mol. The van der Waals surface area contributed by atoms with Crippen LogP contribution in [0.25, 0.3) is 0 Å². The van der Waals surface area contributed by atoms with E-state index in [1.807, 2.05) is 0 Å². The minimum Gasteiger partial charge on any atom is -0.506 e. The van der Waals surface area contributed by atoms with Crippen molar-refractivity contribution < 1.29 is 39.0 Å². The molecule has 0 aliphatic heterocycles. The standard InChI is InChI=1S/C13H21N2O8P/c1-3-10(16)11(13(18)19)15-5-9-8(6-23-24(20,21)22)4-14-7(2)12(9)17/h4,10-11,15-17H,3,5-6H2,1-2H3,(H,18,19)(H2,20,21,22)/t10-,11+/m1/s1. The van der Waals surface area contributed by atoms with Crippen molar-refractivity contribution in [1.29, 1.82) is 0 Å². The zero-order valence-corrected chi connectivity index (χ0v) is 14.1. The molecule has 1 heterocycles. The number of aliphatic carboxylic acids is 1. The molecule has 1 aromatic heterocycles. The van der Waals surface area contributed by atoms with Gasteiger partial charge in [-0.15, -0.1) is 0 Å². The van der Waals surface area contributed by atoms with Crippen molar-refractivity contribution >= 4 is 13.8 Å². The van der Waals surface area contributed by atoms with Crippen LogP contribution >= 0.6 is 7.82 Å². The number of nitrogens with zero attached hydrogens (tertiary/aromatic N) is 1. The van der Waals surface area contributed by atoms with Gasteiger partial charge in [-0.1, -0.05) is 6.92 Å². The van der Waals surface area contributed by atoms with Gasteiger partial charge in [0.2, 0.25) is 0 Å². The number of hydrogen-bond acceptors (Lipinski definition) is 7. The first-order valence-electron chi connectivity index (χ1n) is 7.07. The third-order valence-corrected chi connectivity index (χ3v) is 3.85. The molecule has 0 aliphatic rings. The SMILES string of the molecule is CC[C@@H](O)[C@H](NCc1c(COP(=O)(O)O)cnc(C)c1O)C(=O)O. The summed E-state index contributed by atoms with van der Waals surface area (Å²) in [6, 6.07) is -1.27. The zero-order chi connectivity index (χ0) is 18.5. The topological polar surface area (TPSA) is 169 Å². The number of phosphoric acid groups is 1. The molecule has 0 aromatic carbocycles. The second-order valence-electron chi connectivity index (χ2n) is 5.13. The molecule has 0 saturated carbocycles. The van der Waals surface area contributed by atoms with Crippen molar-refractivity contribution in [1.82, 2.24) is 10.3 Å². The molecule has 2 atom stereocenters. The van der Waals surface area contributed by atoms with E-state index >= 15 is 0 Å². The number of hydrogen-bond donors (Lipinski definition) is 6. The van der Waals surface area contributed by atoms with Gasteiger partial charge < -0.3 is 25.1 Å². The average Bonchev–Trinajstić information content (AvgIpc) is 2.48. The molecule has 0 saturated heterocycles. The lowest BCUT2D eigenvalue weighted by Gasteiger charge is -2.21. The predicted molar refractivity (Wildman–Crippen MR) is 82.0 cm³/mol. The first-order valence-corrected chi connectivity index (χ1v) is 8.60. The maximum atomic E-state index is 11.2. The van der Waals surface area contributed by atoms with Gasteiger partial charge in [0.25, 0.3) is 0 Å². The minimum absolute atomic E-state index is 0.164. The van der Waals surface area contributed by atoms with E-state index in [-0.39, 0.29) is 35.5 Å². The Hall–Kier alpha value is -1.55. The lowest BCUT2D eigenvalue weighted by atomic mass is 10.1. The number of carboxylic acids is 1. The number of carbonyl (C=O) groups is 1. The first kappa shape index (κ1) is 20.5. The van der Waals surface area contributed by atoms with Crippen LogP contribution in [-0.2, 0) is 27.0 Å². The van der Waals surface area contributed by atoms with Crippen LogP contribution in [0.3, 0.4) is 0 Å². The highest BCUT2D eigenvalue weighted by Gasteiger charge is 2.26. The normalized spacial score (nSPS) is 14.4. The van der Waals surface area contributed by atoms with Crippen molar-refractivity contribution in [2.75, 3.05) is 0 Å². The van der Waals surface area contributed by atoms with Gasteiger partial charge in [-0.25, -0.2) is 4.57 Å². The van der Waals surface area contributed by atoms with Gasteiger partial charge in [-0.3, -0.25) is 19.6 Å². The number of aryl methyl sites for hydroxylation is 1. The fourth-order valence-corrected chi connectivity index (χ4v) is 2.30. The average molecular weight is 364 g/mol. The number of pyridine rings is 1. The molecule has 0 bridgehead atoms. The summed E-state index contributed by atoms with van der Waals surface area (Å²) in [6.45, 7) is 2.46. The molecular weight excluding hydrogens is 343 g/mol. The quantitative estimate of drug-likeness (QED) is 0.328. The molecule has 0 unspecified atom stereocenters. The summed E-state index contributed by atoms with van der Waals surface area (Å²) in [7, 11) is -4.72. The number of aliphatic hydroxyl groups is 1.